The zero-order chi connectivity index (χ0) is 17.9. The molecule has 0 fully saturated rings. The second-order valence-corrected chi connectivity index (χ2v) is 6.31. The third kappa shape index (κ3) is 3.66. The largest absolute Gasteiger partial charge is 0.369 e. The summed E-state index contributed by atoms with van der Waals surface area (Å²) in [5.74, 6) is -0.00671. The van der Waals surface area contributed by atoms with Gasteiger partial charge < -0.3 is 11.1 Å². The van der Waals surface area contributed by atoms with Crippen LogP contribution in [-0.2, 0) is 10.2 Å². The molecular formula is C20H20N4O. The summed E-state index contributed by atoms with van der Waals surface area (Å²) in [6.07, 6.45) is 0. The van der Waals surface area contributed by atoms with Gasteiger partial charge in [-0.15, -0.1) is 0 Å². The number of hydrogen-bond acceptors (Lipinski definition) is 4. The Morgan fingerprint density at radius 1 is 0.960 bits per heavy atom. The SMILES string of the molecule is CC(C)(C(N)=O)c1cc(-c2ccccc2)nc(Nc2ccccc2)n1. The molecule has 1 heterocycles. The molecule has 1 aromatic heterocycles. The van der Waals surface area contributed by atoms with E-state index in [1.54, 1.807) is 13.8 Å². The van der Waals surface area contributed by atoms with Crippen molar-refractivity contribution in [2.45, 2.75) is 19.3 Å². The summed E-state index contributed by atoms with van der Waals surface area (Å²) in [7, 11) is 0. The molecule has 0 spiro atoms. The molecule has 0 radical (unpaired) electrons. The number of hydrogen-bond donors (Lipinski definition) is 2. The van der Waals surface area contributed by atoms with E-state index in [1.807, 2.05) is 66.7 Å². The second kappa shape index (κ2) is 6.73. The van der Waals surface area contributed by atoms with Crippen LogP contribution in [-0.4, -0.2) is 15.9 Å². The standard InChI is InChI=1S/C20H20N4O/c1-20(2,18(21)25)17-13-16(14-9-5-3-6-10-14)23-19(24-17)22-15-11-7-4-8-12-15/h3-13H,1-2H3,(H2,21,25)(H,22,23,24). The molecule has 3 N–H and O–H groups in total. The molecule has 0 saturated carbocycles. The molecule has 5 nitrogen and oxygen atoms in total. The topological polar surface area (TPSA) is 80.9 Å². The van der Waals surface area contributed by atoms with Crippen LogP contribution < -0.4 is 11.1 Å². The number of para-hydroxylation sites is 1. The fourth-order valence-corrected chi connectivity index (χ4v) is 2.36. The van der Waals surface area contributed by atoms with E-state index in [-0.39, 0.29) is 0 Å². The average molecular weight is 332 g/mol. The summed E-state index contributed by atoms with van der Waals surface area (Å²) in [6.45, 7) is 3.53. The Balaban J connectivity index is 2.10. The Morgan fingerprint density at radius 2 is 1.56 bits per heavy atom. The number of nitrogens with zero attached hydrogens (tertiary/aromatic N) is 2. The van der Waals surface area contributed by atoms with Gasteiger partial charge >= 0.3 is 0 Å². The lowest BCUT2D eigenvalue weighted by molar-refractivity contribution is -0.122. The van der Waals surface area contributed by atoms with Gasteiger partial charge in [0.05, 0.1) is 16.8 Å². The van der Waals surface area contributed by atoms with Crippen molar-refractivity contribution >= 4 is 17.5 Å². The fourth-order valence-electron chi connectivity index (χ4n) is 2.36. The van der Waals surface area contributed by atoms with Gasteiger partial charge in [0, 0.05) is 11.3 Å². The lowest BCUT2D eigenvalue weighted by atomic mass is 9.87. The van der Waals surface area contributed by atoms with Crippen LogP contribution in [0.25, 0.3) is 11.3 Å². The molecule has 5 heteroatoms. The molecular weight excluding hydrogens is 312 g/mol. The zero-order valence-corrected chi connectivity index (χ0v) is 14.2. The summed E-state index contributed by atoms with van der Waals surface area (Å²) in [6, 6.07) is 21.2. The molecule has 25 heavy (non-hydrogen) atoms. The minimum Gasteiger partial charge on any atom is -0.369 e. The first kappa shape index (κ1) is 16.6. The average Bonchev–Trinajstić information content (AvgIpc) is 2.63. The van der Waals surface area contributed by atoms with E-state index in [2.05, 4.69) is 15.3 Å². The minimum absolute atomic E-state index is 0.428. The van der Waals surface area contributed by atoms with Crippen LogP contribution >= 0.6 is 0 Å². The number of benzene rings is 2. The van der Waals surface area contributed by atoms with Gasteiger partial charge in [-0.3, -0.25) is 4.79 Å². The summed E-state index contributed by atoms with van der Waals surface area (Å²) in [5, 5.41) is 3.19. The Kier molecular flexibility index (Phi) is 4.48. The van der Waals surface area contributed by atoms with Gasteiger partial charge in [-0.1, -0.05) is 48.5 Å². The number of amides is 1. The van der Waals surface area contributed by atoms with Crippen LogP contribution in [0.1, 0.15) is 19.5 Å². The van der Waals surface area contributed by atoms with Crippen LogP contribution in [0.3, 0.4) is 0 Å². The van der Waals surface area contributed by atoms with Gasteiger partial charge in [0.2, 0.25) is 11.9 Å². The van der Waals surface area contributed by atoms with Gasteiger partial charge in [-0.2, -0.15) is 0 Å². The van der Waals surface area contributed by atoms with Gasteiger partial charge in [0.1, 0.15) is 0 Å². The van der Waals surface area contributed by atoms with Crippen LogP contribution in [0.4, 0.5) is 11.6 Å². The minimum atomic E-state index is -0.903. The van der Waals surface area contributed by atoms with Crippen LogP contribution in [0.2, 0.25) is 0 Å². The van der Waals surface area contributed by atoms with Crippen LogP contribution in [0, 0.1) is 0 Å². The third-order valence-corrected chi connectivity index (χ3v) is 4.08. The highest BCUT2D eigenvalue weighted by Crippen LogP contribution is 2.27. The lowest BCUT2D eigenvalue weighted by Crippen LogP contribution is -2.36. The van der Waals surface area contributed by atoms with E-state index in [0.29, 0.717) is 11.6 Å². The van der Waals surface area contributed by atoms with Crippen molar-refractivity contribution in [3.63, 3.8) is 0 Å². The molecule has 0 unspecified atom stereocenters. The molecule has 1 amide bonds. The highest BCUT2D eigenvalue weighted by Gasteiger charge is 2.30. The van der Waals surface area contributed by atoms with Gasteiger partial charge in [-0.05, 0) is 32.0 Å². The normalized spacial score (nSPS) is 11.1. The van der Waals surface area contributed by atoms with Crippen molar-refractivity contribution in [1.82, 2.24) is 9.97 Å². The number of carbonyl (C=O) groups excluding carboxylic acids is 1. The van der Waals surface area contributed by atoms with Gasteiger partial charge in [0.15, 0.2) is 0 Å². The molecule has 0 aliphatic carbocycles. The Bertz CT molecular complexity index is 877. The van der Waals surface area contributed by atoms with Crippen molar-refractivity contribution in [2.24, 2.45) is 5.73 Å². The number of primary amides is 1. The number of nitrogens with one attached hydrogen (secondary N) is 1. The molecule has 3 aromatic rings. The highest BCUT2D eigenvalue weighted by molar-refractivity contribution is 5.85. The van der Waals surface area contributed by atoms with Gasteiger partial charge in [-0.25, -0.2) is 9.97 Å². The fraction of sp³-hybridized carbons (Fsp3) is 0.150. The summed E-state index contributed by atoms with van der Waals surface area (Å²) in [5.41, 5.74) is 7.80. The Morgan fingerprint density at radius 3 is 2.16 bits per heavy atom. The quantitative estimate of drug-likeness (QED) is 0.747. The number of aromatic nitrogens is 2. The monoisotopic (exact) mass is 332 g/mol. The number of nitrogens with two attached hydrogens (primary N) is 1. The lowest BCUT2D eigenvalue weighted by Gasteiger charge is -2.21. The molecule has 0 aliphatic rings. The summed E-state index contributed by atoms with van der Waals surface area (Å²) < 4.78 is 0. The molecule has 126 valence electrons. The maximum atomic E-state index is 11.9. The van der Waals surface area contributed by atoms with Crippen molar-refractivity contribution in [3.8, 4) is 11.3 Å². The van der Waals surface area contributed by atoms with E-state index >= 15 is 0 Å². The van der Waals surface area contributed by atoms with E-state index in [0.717, 1.165) is 16.9 Å². The number of rotatable bonds is 5. The number of carbonyl (C=O) groups is 1. The highest BCUT2D eigenvalue weighted by atomic mass is 16.1. The summed E-state index contributed by atoms with van der Waals surface area (Å²) in [4.78, 5) is 21.0. The maximum absolute atomic E-state index is 11.9. The maximum Gasteiger partial charge on any atom is 0.229 e. The third-order valence-electron chi connectivity index (χ3n) is 4.08. The van der Waals surface area contributed by atoms with E-state index in [9.17, 15) is 4.79 Å². The second-order valence-electron chi connectivity index (χ2n) is 6.31. The number of anilines is 2. The predicted molar refractivity (Wildman–Crippen MR) is 99.4 cm³/mol. The Hall–Kier alpha value is -3.21. The van der Waals surface area contributed by atoms with Crippen molar-refractivity contribution < 1.29 is 4.79 Å². The van der Waals surface area contributed by atoms with Crippen LogP contribution in [0.15, 0.2) is 66.7 Å². The molecule has 0 aliphatic heterocycles. The zero-order valence-electron chi connectivity index (χ0n) is 14.2. The van der Waals surface area contributed by atoms with Crippen molar-refractivity contribution in [3.05, 3.63) is 72.4 Å². The molecule has 2 aromatic carbocycles. The molecule has 0 saturated heterocycles. The van der Waals surface area contributed by atoms with Gasteiger partial charge in [0.25, 0.3) is 0 Å². The molecule has 0 atom stereocenters. The van der Waals surface area contributed by atoms with Crippen LogP contribution in [0.5, 0.6) is 0 Å². The molecule has 0 bridgehead atoms. The van der Waals surface area contributed by atoms with Crippen molar-refractivity contribution in [2.75, 3.05) is 5.32 Å². The van der Waals surface area contributed by atoms with E-state index in [4.69, 9.17) is 5.73 Å². The smallest absolute Gasteiger partial charge is 0.229 e. The van der Waals surface area contributed by atoms with Crippen molar-refractivity contribution in [1.29, 1.82) is 0 Å². The Labute approximate surface area is 146 Å². The first-order chi connectivity index (χ1) is 12.0. The first-order valence-electron chi connectivity index (χ1n) is 8.04. The molecule has 3 rings (SSSR count). The first-order valence-corrected chi connectivity index (χ1v) is 8.04. The van der Waals surface area contributed by atoms with E-state index < -0.39 is 11.3 Å². The van der Waals surface area contributed by atoms with E-state index in [1.165, 1.54) is 0 Å². The predicted octanol–water partition coefficient (Wildman–Crippen LogP) is 3.65. The summed E-state index contributed by atoms with van der Waals surface area (Å²) >= 11 is 0.